The predicted molar refractivity (Wildman–Crippen MR) is 132 cm³/mol. The number of rotatable bonds is 5. The number of aromatic amines is 1. The van der Waals surface area contributed by atoms with Gasteiger partial charge in [-0.15, -0.1) is 11.8 Å². The molecule has 1 amide bonds. The van der Waals surface area contributed by atoms with Gasteiger partial charge >= 0.3 is 5.69 Å². The Morgan fingerprint density at radius 1 is 1.18 bits per heavy atom. The summed E-state index contributed by atoms with van der Waals surface area (Å²) < 4.78 is 1.58. The number of benzene rings is 1. The van der Waals surface area contributed by atoms with Crippen molar-refractivity contribution >= 4 is 39.9 Å². The maximum absolute atomic E-state index is 12.3. The lowest BCUT2D eigenvalue weighted by Gasteiger charge is -2.37. The standard InChI is InChI=1S/C24H26N6O2S/c1-25-23(31)17-5-6-19(21(13-17)33-2)29-10-8-28(9-11-29)15-16-12-18-22(26-14-16)20-4-3-7-30(20)24(32)27-18/h3-7,12-14H,8-11,15H2,1-2H3,(H,25,31)(H,27,32). The Morgan fingerprint density at radius 2 is 2.00 bits per heavy atom. The van der Waals surface area contributed by atoms with Gasteiger partial charge in [-0.1, -0.05) is 0 Å². The first-order chi connectivity index (χ1) is 16.1. The van der Waals surface area contributed by atoms with Gasteiger partial charge in [0.25, 0.3) is 5.91 Å². The minimum absolute atomic E-state index is 0.0651. The van der Waals surface area contributed by atoms with E-state index in [1.165, 1.54) is 5.69 Å². The predicted octanol–water partition coefficient (Wildman–Crippen LogP) is 2.58. The SMILES string of the molecule is CNC(=O)c1ccc(N2CCN(Cc3cnc4c(c3)[nH]c(=O)n3cccc43)CC2)c(SC)c1. The number of piperazine rings is 1. The fourth-order valence-corrected chi connectivity index (χ4v) is 5.10. The number of thioether (sulfide) groups is 1. The van der Waals surface area contributed by atoms with Gasteiger partial charge in [-0.3, -0.25) is 19.1 Å². The van der Waals surface area contributed by atoms with E-state index in [1.807, 2.05) is 42.8 Å². The second-order valence-electron chi connectivity index (χ2n) is 8.16. The highest BCUT2D eigenvalue weighted by atomic mass is 32.2. The van der Waals surface area contributed by atoms with Gasteiger partial charge in [0.15, 0.2) is 0 Å². The van der Waals surface area contributed by atoms with Crippen molar-refractivity contribution in [3.63, 3.8) is 0 Å². The fraction of sp³-hybridized carbons (Fsp3) is 0.292. The van der Waals surface area contributed by atoms with E-state index in [2.05, 4.69) is 31.2 Å². The molecule has 0 unspecified atom stereocenters. The number of nitrogens with one attached hydrogen (secondary N) is 2. The number of amides is 1. The second-order valence-corrected chi connectivity index (χ2v) is 9.01. The molecular weight excluding hydrogens is 436 g/mol. The van der Waals surface area contributed by atoms with Crippen molar-refractivity contribution in [1.29, 1.82) is 0 Å². The Balaban J connectivity index is 1.29. The van der Waals surface area contributed by atoms with Crippen LogP contribution in [0.15, 0.2) is 58.5 Å². The van der Waals surface area contributed by atoms with E-state index in [0.717, 1.165) is 59.7 Å². The van der Waals surface area contributed by atoms with Crippen LogP contribution in [0, 0.1) is 0 Å². The first-order valence-corrected chi connectivity index (χ1v) is 12.2. The van der Waals surface area contributed by atoms with Crippen molar-refractivity contribution < 1.29 is 4.79 Å². The number of anilines is 1. The average molecular weight is 463 g/mol. The Kier molecular flexibility index (Phi) is 5.82. The molecule has 0 atom stereocenters. The molecule has 33 heavy (non-hydrogen) atoms. The maximum atomic E-state index is 12.3. The largest absolute Gasteiger partial charge is 0.368 e. The first-order valence-electron chi connectivity index (χ1n) is 10.9. The third-order valence-electron chi connectivity index (χ3n) is 6.18. The lowest BCUT2D eigenvalue weighted by Crippen LogP contribution is -2.46. The third-order valence-corrected chi connectivity index (χ3v) is 6.95. The molecule has 2 N–H and O–H groups in total. The Hall–Kier alpha value is -3.30. The molecule has 170 valence electrons. The van der Waals surface area contributed by atoms with Crippen LogP contribution < -0.4 is 15.9 Å². The zero-order chi connectivity index (χ0) is 22.9. The molecule has 0 spiro atoms. The zero-order valence-electron chi connectivity index (χ0n) is 18.7. The molecule has 1 aromatic carbocycles. The molecule has 4 aromatic rings. The van der Waals surface area contributed by atoms with Crippen LogP contribution in [-0.2, 0) is 6.54 Å². The van der Waals surface area contributed by atoms with Gasteiger partial charge < -0.3 is 15.2 Å². The van der Waals surface area contributed by atoms with Gasteiger partial charge in [-0.05, 0) is 48.2 Å². The molecule has 0 bridgehead atoms. The molecule has 8 nitrogen and oxygen atoms in total. The van der Waals surface area contributed by atoms with E-state index in [9.17, 15) is 9.59 Å². The lowest BCUT2D eigenvalue weighted by atomic mass is 10.1. The Bertz CT molecular complexity index is 1390. The second kappa shape index (κ2) is 8.92. The monoisotopic (exact) mass is 462 g/mol. The van der Waals surface area contributed by atoms with Crippen LogP contribution >= 0.6 is 11.8 Å². The van der Waals surface area contributed by atoms with Gasteiger partial charge in [0, 0.05) is 62.6 Å². The number of hydrogen-bond acceptors (Lipinski definition) is 6. The minimum Gasteiger partial charge on any atom is -0.368 e. The van der Waals surface area contributed by atoms with Gasteiger partial charge in [-0.2, -0.15) is 0 Å². The number of H-pyrrole nitrogens is 1. The molecule has 1 aliphatic rings. The molecule has 0 radical (unpaired) electrons. The van der Waals surface area contributed by atoms with Crippen LogP contribution in [0.1, 0.15) is 15.9 Å². The molecule has 3 aromatic heterocycles. The van der Waals surface area contributed by atoms with E-state index >= 15 is 0 Å². The van der Waals surface area contributed by atoms with Crippen LogP contribution in [0.3, 0.4) is 0 Å². The summed E-state index contributed by atoms with van der Waals surface area (Å²) in [5.41, 5.74) is 5.19. The molecule has 4 heterocycles. The maximum Gasteiger partial charge on any atom is 0.330 e. The summed E-state index contributed by atoms with van der Waals surface area (Å²) in [4.78, 5) is 37.8. The van der Waals surface area contributed by atoms with Crippen molar-refractivity contribution in [1.82, 2.24) is 24.6 Å². The fourth-order valence-electron chi connectivity index (χ4n) is 4.45. The Morgan fingerprint density at radius 3 is 2.76 bits per heavy atom. The topological polar surface area (TPSA) is 85.7 Å². The molecule has 1 aliphatic heterocycles. The molecule has 0 aliphatic carbocycles. The van der Waals surface area contributed by atoms with E-state index in [1.54, 1.807) is 29.4 Å². The van der Waals surface area contributed by atoms with Crippen LogP contribution in [0.2, 0.25) is 0 Å². The van der Waals surface area contributed by atoms with Crippen molar-refractivity contribution in [2.24, 2.45) is 0 Å². The quantitative estimate of drug-likeness (QED) is 0.444. The number of hydrogen-bond donors (Lipinski definition) is 2. The summed E-state index contributed by atoms with van der Waals surface area (Å²) >= 11 is 1.66. The molecule has 9 heteroatoms. The van der Waals surface area contributed by atoms with E-state index in [4.69, 9.17) is 0 Å². The summed E-state index contributed by atoms with van der Waals surface area (Å²) in [6.45, 7) is 4.47. The third kappa shape index (κ3) is 4.09. The zero-order valence-corrected chi connectivity index (χ0v) is 19.5. The lowest BCUT2D eigenvalue weighted by molar-refractivity contribution is 0.0963. The smallest absolute Gasteiger partial charge is 0.330 e. The van der Waals surface area contributed by atoms with Gasteiger partial charge in [0.05, 0.1) is 16.7 Å². The van der Waals surface area contributed by atoms with Crippen LogP contribution in [0.25, 0.3) is 16.6 Å². The molecule has 1 saturated heterocycles. The normalized spacial score (nSPS) is 14.8. The van der Waals surface area contributed by atoms with Crippen molar-refractivity contribution in [3.8, 4) is 0 Å². The highest BCUT2D eigenvalue weighted by Crippen LogP contribution is 2.31. The summed E-state index contributed by atoms with van der Waals surface area (Å²) in [5, 5.41) is 2.69. The van der Waals surface area contributed by atoms with Crippen LogP contribution in [0.5, 0.6) is 0 Å². The molecule has 5 rings (SSSR count). The van der Waals surface area contributed by atoms with Crippen molar-refractivity contribution in [2.45, 2.75) is 11.4 Å². The minimum atomic E-state index is -0.151. The van der Waals surface area contributed by atoms with Crippen LogP contribution in [-0.4, -0.2) is 64.7 Å². The Labute approximate surface area is 195 Å². The number of nitrogens with zero attached hydrogens (tertiary/aromatic N) is 4. The first kappa shape index (κ1) is 21.5. The molecule has 1 fully saturated rings. The highest BCUT2D eigenvalue weighted by Gasteiger charge is 2.20. The van der Waals surface area contributed by atoms with Crippen molar-refractivity contribution in [3.05, 3.63) is 70.4 Å². The average Bonchev–Trinajstić information content (AvgIpc) is 3.34. The van der Waals surface area contributed by atoms with E-state index in [-0.39, 0.29) is 11.6 Å². The van der Waals surface area contributed by atoms with Crippen LogP contribution in [0.4, 0.5) is 5.69 Å². The van der Waals surface area contributed by atoms with Gasteiger partial charge in [0.1, 0.15) is 5.52 Å². The van der Waals surface area contributed by atoms with Gasteiger partial charge in [0.2, 0.25) is 0 Å². The van der Waals surface area contributed by atoms with E-state index < -0.39 is 0 Å². The number of carbonyl (C=O) groups excluding carboxylic acids is 1. The van der Waals surface area contributed by atoms with E-state index in [0.29, 0.717) is 5.56 Å². The summed E-state index contributed by atoms with van der Waals surface area (Å²) in [6.07, 6.45) is 5.70. The van der Waals surface area contributed by atoms with Crippen molar-refractivity contribution in [2.75, 3.05) is 44.4 Å². The molecular formula is C24H26N6O2S. The highest BCUT2D eigenvalue weighted by molar-refractivity contribution is 7.98. The number of carbonyl (C=O) groups is 1. The number of aromatic nitrogens is 3. The number of fused-ring (bicyclic) bond motifs is 3. The summed E-state index contributed by atoms with van der Waals surface area (Å²) in [5.74, 6) is -0.0651. The molecule has 0 saturated carbocycles. The number of pyridine rings is 1. The summed E-state index contributed by atoms with van der Waals surface area (Å²) in [6, 6.07) is 11.7. The summed E-state index contributed by atoms with van der Waals surface area (Å²) in [7, 11) is 1.65. The van der Waals surface area contributed by atoms with Gasteiger partial charge in [-0.25, -0.2) is 4.79 Å².